The van der Waals surface area contributed by atoms with Crippen LogP contribution in [0.15, 0.2) is 24.3 Å². The molecule has 4 nitrogen and oxygen atoms in total. The Labute approximate surface area is 137 Å². The summed E-state index contributed by atoms with van der Waals surface area (Å²) < 4.78 is 6.07. The van der Waals surface area contributed by atoms with Crippen molar-refractivity contribution in [2.24, 2.45) is 5.92 Å². The van der Waals surface area contributed by atoms with Gasteiger partial charge >= 0.3 is 0 Å². The van der Waals surface area contributed by atoms with E-state index in [9.17, 15) is 9.59 Å². The van der Waals surface area contributed by atoms with Crippen LogP contribution in [0, 0.1) is 5.92 Å². The molecule has 1 atom stereocenters. The van der Waals surface area contributed by atoms with E-state index < -0.39 is 0 Å². The first kappa shape index (κ1) is 16.2. The summed E-state index contributed by atoms with van der Waals surface area (Å²) in [4.78, 5) is 26.7. The lowest BCUT2D eigenvalue weighted by Gasteiger charge is -2.31. The average Bonchev–Trinajstić information content (AvgIpc) is 2.81. The molecule has 1 aliphatic heterocycles. The Morgan fingerprint density at radius 3 is 2.13 bits per heavy atom. The second kappa shape index (κ2) is 6.83. The number of benzene rings is 1. The largest absolute Gasteiger partial charge is 0.376 e. The van der Waals surface area contributed by atoms with Gasteiger partial charge in [0, 0.05) is 0 Å². The van der Waals surface area contributed by atoms with Crippen molar-refractivity contribution in [3.8, 4) is 0 Å². The molecule has 1 aromatic carbocycles. The van der Waals surface area contributed by atoms with Crippen LogP contribution >= 0.6 is 0 Å². The van der Waals surface area contributed by atoms with Crippen LogP contribution in [0.3, 0.4) is 0 Å². The molecule has 2 amide bonds. The van der Waals surface area contributed by atoms with Crippen LogP contribution in [0.2, 0.25) is 0 Å². The second-order valence-electron chi connectivity index (χ2n) is 6.93. The molecule has 0 bridgehead atoms. The van der Waals surface area contributed by atoms with Gasteiger partial charge in [-0.3, -0.25) is 14.5 Å². The van der Waals surface area contributed by atoms with Gasteiger partial charge in [-0.25, -0.2) is 0 Å². The van der Waals surface area contributed by atoms with Crippen LogP contribution in [0.1, 0.15) is 66.7 Å². The van der Waals surface area contributed by atoms with Gasteiger partial charge in [0.2, 0.25) is 0 Å². The summed E-state index contributed by atoms with van der Waals surface area (Å²) in [6, 6.07) is 6.86. The summed E-state index contributed by atoms with van der Waals surface area (Å²) in [5.74, 6) is -0.200. The molecule has 0 spiro atoms. The summed E-state index contributed by atoms with van der Waals surface area (Å²) in [5.41, 5.74) is 1.03. The van der Waals surface area contributed by atoms with Crippen molar-refractivity contribution in [3.63, 3.8) is 0 Å². The van der Waals surface area contributed by atoms with Gasteiger partial charge in [0.1, 0.15) is 0 Å². The minimum absolute atomic E-state index is 0.167. The molecule has 0 radical (unpaired) electrons. The average molecular weight is 315 g/mol. The lowest BCUT2D eigenvalue weighted by molar-refractivity contribution is -0.0120. The van der Waals surface area contributed by atoms with Crippen LogP contribution in [0.25, 0.3) is 0 Å². The molecule has 0 unspecified atom stereocenters. The first-order valence-electron chi connectivity index (χ1n) is 8.68. The van der Waals surface area contributed by atoms with Gasteiger partial charge < -0.3 is 4.74 Å². The highest BCUT2D eigenvalue weighted by Gasteiger charge is 2.41. The van der Waals surface area contributed by atoms with Crippen molar-refractivity contribution < 1.29 is 14.3 Å². The number of ether oxygens (including phenoxy) is 1. The quantitative estimate of drug-likeness (QED) is 0.779. The molecular formula is C19H25NO3. The van der Waals surface area contributed by atoms with Crippen LogP contribution in [-0.2, 0) is 4.74 Å². The Kier molecular flexibility index (Phi) is 4.81. The van der Waals surface area contributed by atoms with E-state index in [-0.39, 0.29) is 29.9 Å². The molecule has 0 N–H and O–H groups in total. The molecular weight excluding hydrogens is 290 g/mol. The highest BCUT2D eigenvalue weighted by Crippen LogP contribution is 2.28. The number of imide groups is 1. The first-order valence-corrected chi connectivity index (χ1v) is 8.68. The van der Waals surface area contributed by atoms with Crippen molar-refractivity contribution in [1.29, 1.82) is 0 Å². The van der Waals surface area contributed by atoms with E-state index in [4.69, 9.17) is 4.74 Å². The number of carbonyl (C=O) groups is 2. The van der Waals surface area contributed by atoms with E-state index >= 15 is 0 Å². The molecule has 0 saturated heterocycles. The fraction of sp³-hybridized carbons (Fsp3) is 0.579. The number of rotatable bonds is 5. The number of hydrogen-bond donors (Lipinski definition) is 0. The van der Waals surface area contributed by atoms with Crippen LogP contribution in [0.4, 0.5) is 0 Å². The number of hydrogen-bond acceptors (Lipinski definition) is 3. The van der Waals surface area contributed by atoms with Gasteiger partial charge in [0.15, 0.2) is 0 Å². The molecule has 1 heterocycles. The van der Waals surface area contributed by atoms with E-state index in [0.717, 1.165) is 12.8 Å². The zero-order valence-electron chi connectivity index (χ0n) is 14.0. The molecule has 2 aliphatic rings. The first-order chi connectivity index (χ1) is 11.1. The van der Waals surface area contributed by atoms with Crippen LogP contribution in [-0.4, -0.2) is 35.5 Å². The smallest absolute Gasteiger partial charge is 0.261 e. The van der Waals surface area contributed by atoms with Crippen molar-refractivity contribution in [3.05, 3.63) is 35.4 Å². The van der Waals surface area contributed by atoms with E-state index in [0.29, 0.717) is 17.7 Å². The number of fused-ring (bicyclic) bond motifs is 1. The maximum Gasteiger partial charge on any atom is 0.261 e. The van der Waals surface area contributed by atoms with E-state index in [1.165, 1.54) is 24.2 Å². The summed E-state index contributed by atoms with van der Waals surface area (Å²) in [6.07, 6.45) is 6.17. The van der Waals surface area contributed by atoms with Gasteiger partial charge in [-0.05, 0) is 30.9 Å². The monoisotopic (exact) mass is 315 g/mol. The summed E-state index contributed by atoms with van der Waals surface area (Å²) in [7, 11) is 0. The third-order valence-electron chi connectivity index (χ3n) is 4.98. The van der Waals surface area contributed by atoms with E-state index in [2.05, 4.69) is 0 Å². The van der Waals surface area contributed by atoms with E-state index in [1.54, 1.807) is 24.3 Å². The molecule has 3 rings (SSSR count). The SMILES string of the molecule is CC(C)[C@@H](COC1CCCCC1)N1C(=O)c2ccccc2C1=O. The summed E-state index contributed by atoms with van der Waals surface area (Å²) in [5, 5.41) is 0. The Hall–Kier alpha value is -1.68. The Morgan fingerprint density at radius 1 is 1.04 bits per heavy atom. The fourth-order valence-electron chi connectivity index (χ4n) is 3.54. The number of carbonyl (C=O) groups excluding carboxylic acids is 2. The number of amides is 2. The maximum absolute atomic E-state index is 12.7. The van der Waals surface area contributed by atoms with Crippen molar-refractivity contribution in [1.82, 2.24) is 4.90 Å². The third-order valence-corrected chi connectivity index (χ3v) is 4.98. The Bertz CT molecular complexity index is 555. The standard InChI is InChI=1S/C19H25NO3/c1-13(2)17(12-23-14-8-4-3-5-9-14)20-18(21)15-10-6-7-11-16(15)19(20)22/h6-7,10-11,13-14,17H,3-5,8-9,12H2,1-2H3/t17-/m1/s1. The third kappa shape index (κ3) is 3.18. The lowest BCUT2D eigenvalue weighted by Crippen LogP contribution is -2.46. The summed E-state index contributed by atoms with van der Waals surface area (Å²) in [6.45, 7) is 4.52. The van der Waals surface area contributed by atoms with Crippen molar-refractivity contribution in [2.45, 2.75) is 58.1 Å². The van der Waals surface area contributed by atoms with Gasteiger partial charge in [0.05, 0.1) is 29.9 Å². The Morgan fingerprint density at radius 2 is 1.61 bits per heavy atom. The fourth-order valence-corrected chi connectivity index (χ4v) is 3.54. The van der Waals surface area contributed by atoms with Crippen LogP contribution < -0.4 is 0 Å². The summed E-state index contributed by atoms with van der Waals surface area (Å²) >= 11 is 0. The normalized spacial score (nSPS) is 20.2. The highest BCUT2D eigenvalue weighted by atomic mass is 16.5. The van der Waals surface area contributed by atoms with Gasteiger partial charge in [0.25, 0.3) is 11.8 Å². The molecule has 4 heteroatoms. The maximum atomic E-state index is 12.7. The Balaban J connectivity index is 1.74. The van der Waals surface area contributed by atoms with Crippen LogP contribution in [0.5, 0.6) is 0 Å². The second-order valence-corrected chi connectivity index (χ2v) is 6.93. The van der Waals surface area contributed by atoms with E-state index in [1.807, 2.05) is 13.8 Å². The minimum Gasteiger partial charge on any atom is -0.376 e. The molecule has 1 aliphatic carbocycles. The zero-order chi connectivity index (χ0) is 16.4. The minimum atomic E-state index is -0.204. The predicted octanol–water partition coefficient (Wildman–Crippen LogP) is 3.66. The molecule has 1 aromatic rings. The molecule has 124 valence electrons. The topological polar surface area (TPSA) is 46.6 Å². The molecule has 23 heavy (non-hydrogen) atoms. The van der Waals surface area contributed by atoms with Gasteiger partial charge in [-0.2, -0.15) is 0 Å². The lowest BCUT2D eigenvalue weighted by atomic mass is 9.97. The molecule has 1 fully saturated rings. The predicted molar refractivity (Wildman–Crippen MR) is 88.4 cm³/mol. The van der Waals surface area contributed by atoms with Gasteiger partial charge in [-0.1, -0.05) is 45.2 Å². The zero-order valence-corrected chi connectivity index (χ0v) is 14.0. The highest BCUT2D eigenvalue weighted by molar-refractivity contribution is 6.21. The van der Waals surface area contributed by atoms with Gasteiger partial charge in [-0.15, -0.1) is 0 Å². The van der Waals surface area contributed by atoms with Crippen molar-refractivity contribution in [2.75, 3.05) is 6.61 Å². The van der Waals surface area contributed by atoms with Crippen molar-refractivity contribution >= 4 is 11.8 Å². The number of nitrogens with zero attached hydrogens (tertiary/aromatic N) is 1. The molecule has 0 aromatic heterocycles. The molecule has 1 saturated carbocycles.